The Hall–Kier alpha value is -1.84. The van der Waals surface area contributed by atoms with Gasteiger partial charge >= 0.3 is 5.97 Å². The molecule has 1 aromatic carbocycles. The first-order valence-electron chi connectivity index (χ1n) is 6.17. The van der Waals surface area contributed by atoms with Gasteiger partial charge in [0, 0.05) is 18.2 Å². The SMILES string of the molecule is Cc1cccc(C(=O)N2CCCC2CC(=O)O)c1. The number of carbonyl (C=O) groups is 2. The van der Waals surface area contributed by atoms with Crippen LogP contribution in [0.15, 0.2) is 24.3 Å². The molecule has 1 unspecified atom stereocenters. The highest BCUT2D eigenvalue weighted by Crippen LogP contribution is 2.22. The van der Waals surface area contributed by atoms with Crippen molar-refractivity contribution in [2.75, 3.05) is 6.54 Å². The molecule has 1 aromatic rings. The van der Waals surface area contributed by atoms with Crippen LogP contribution in [0.25, 0.3) is 0 Å². The summed E-state index contributed by atoms with van der Waals surface area (Å²) in [6, 6.07) is 7.26. The van der Waals surface area contributed by atoms with Crippen LogP contribution in [0.3, 0.4) is 0 Å². The van der Waals surface area contributed by atoms with E-state index in [1.54, 1.807) is 11.0 Å². The summed E-state index contributed by atoms with van der Waals surface area (Å²) < 4.78 is 0. The van der Waals surface area contributed by atoms with E-state index in [-0.39, 0.29) is 18.4 Å². The predicted molar refractivity (Wildman–Crippen MR) is 67.5 cm³/mol. The van der Waals surface area contributed by atoms with Gasteiger partial charge in [-0.15, -0.1) is 0 Å². The molecule has 1 heterocycles. The third kappa shape index (κ3) is 2.70. The standard InChI is InChI=1S/C14H17NO3/c1-10-4-2-5-11(8-10)14(18)15-7-3-6-12(15)9-13(16)17/h2,4-5,8,12H,3,6-7,9H2,1H3,(H,16,17). The third-order valence-electron chi connectivity index (χ3n) is 3.31. The smallest absolute Gasteiger partial charge is 0.305 e. The zero-order chi connectivity index (χ0) is 13.1. The second-order valence-corrected chi connectivity index (χ2v) is 4.76. The molecule has 4 heteroatoms. The van der Waals surface area contributed by atoms with Gasteiger partial charge in [0.05, 0.1) is 6.42 Å². The summed E-state index contributed by atoms with van der Waals surface area (Å²) in [4.78, 5) is 24.8. The van der Waals surface area contributed by atoms with Gasteiger partial charge in [0.15, 0.2) is 0 Å². The first kappa shape index (κ1) is 12.6. The van der Waals surface area contributed by atoms with Crippen molar-refractivity contribution >= 4 is 11.9 Å². The number of carbonyl (C=O) groups excluding carboxylic acids is 1. The molecule has 1 aliphatic rings. The van der Waals surface area contributed by atoms with Crippen molar-refractivity contribution in [2.24, 2.45) is 0 Å². The number of nitrogens with zero attached hydrogens (tertiary/aromatic N) is 1. The number of amides is 1. The third-order valence-corrected chi connectivity index (χ3v) is 3.31. The Morgan fingerprint density at radius 1 is 1.44 bits per heavy atom. The number of aliphatic carboxylic acids is 1. The molecule has 1 saturated heterocycles. The van der Waals surface area contributed by atoms with Crippen molar-refractivity contribution in [2.45, 2.75) is 32.2 Å². The molecule has 1 atom stereocenters. The minimum absolute atomic E-state index is 0.0392. The van der Waals surface area contributed by atoms with E-state index < -0.39 is 5.97 Å². The van der Waals surface area contributed by atoms with Crippen molar-refractivity contribution in [1.82, 2.24) is 4.90 Å². The van der Waals surface area contributed by atoms with Crippen molar-refractivity contribution in [1.29, 1.82) is 0 Å². The lowest BCUT2D eigenvalue weighted by atomic mass is 10.1. The molecule has 0 bridgehead atoms. The summed E-state index contributed by atoms with van der Waals surface area (Å²) in [5, 5.41) is 8.85. The monoisotopic (exact) mass is 247 g/mol. The van der Waals surface area contributed by atoms with Crippen LogP contribution in [-0.4, -0.2) is 34.5 Å². The Labute approximate surface area is 106 Å². The first-order valence-corrected chi connectivity index (χ1v) is 6.17. The summed E-state index contributed by atoms with van der Waals surface area (Å²) >= 11 is 0. The molecule has 96 valence electrons. The number of carboxylic acid groups (broad SMARTS) is 1. The molecule has 1 amide bonds. The van der Waals surface area contributed by atoms with Gasteiger partial charge in [-0.2, -0.15) is 0 Å². The van der Waals surface area contributed by atoms with Crippen LogP contribution in [0.4, 0.5) is 0 Å². The Bertz CT molecular complexity index is 470. The topological polar surface area (TPSA) is 57.6 Å². The Morgan fingerprint density at radius 3 is 2.89 bits per heavy atom. The predicted octanol–water partition coefficient (Wildman–Crippen LogP) is 2.07. The number of hydrogen-bond acceptors (Lipinski definition) is 2. The molecule has 0 saturated carbocycles. The highest BCUT2D eigenvalue weighted by Gasteiger charge is 2.30. The molecule has 2 rings (SSSR count). The molecular formula is C14H17NO3. The lowest BCUT2D eigenvalue weighted by Gasteiger charge is -2.23. The largest absolute Gasteiger partial charge is 0.481 e. The van der Waals surface area contributed by atoms with Crippen LogP contribution in [-0.2, 0) is 4.79 Å². The summed E-state index contributed by atoms with van der Waals surface area (Å²) in [5.74, 6) is -0.897. The lowest BCUT2D eigenvalue weighted by molar-refractivity contribution is -0.137. The maximum atomic E-state index is 12.3. The van der Waals surface area contributed by atoms with Crippen LogP contribution < -0.4 is 0 Å². The molecule has 1 aliphatic heterocycles. The van der Waals surface area contributed by atoms with Gasteiger partial charge in [0.1, 0.15) is 0 Å². The first-order chi connectivity index (χ1) is 8.58. The second-order valence-electron chi connectivity index (χ2n) is 4.76. The Kier molecular flexibility index (Phi) is 3.65. The van der Waals surface area contributed by atoms with Crippen LogP contribution in [0.5, 0.6) is 0 Å². The molecule has 1 fully saturated rings. The van der Waals surface area contributed by atoms with Crippen molar-refractivity contribution in [3.05, 3.63) is 35.4 Å². The fraction of sp³-hybridized carbons (Fsp3) is 0.429. The fourth-order valence-electron chi connectivity index (χ4n) is 2.46. The van der Waals surface area contributed by atoms with Crippen molar-refractivity contribution in [3.8, 4) is 0 Å². The van der Waals surface area contributed by atoms with Gasteiger partial charge in [0.2, 0.25) is 0 Å². The van der Waals surface area contributed by atoms with E-state index in [9.17, 15) is 9.59 Å². The normalized spacial score (nSPS) is 18.9. The highest BCUT2D eigenvalue weighted by atomic mass is 16.4. The van der Waals surface area contributed by atoms with Crippen LogP contribution in [0.1, 0.15) is 35.2 Å². The zero-order valence-corrected chi connectivity index (χ0v) is 10.4. The van der Waals surface area contributed by atoms with E-state index in [1.807, 2.05) is 25.1 Å². The molecule has 4 nitrogen and oxygen atoms in total. The molecular weight excluding hydrogens is 230 g/mol. The number of carboxylic acids is 1. The molecule has 18 heavy (non-hydrogen) atoms. The quantitative estimate of drug-likeness (QED) is 0.889. The molecule has 0 aromatic heterocycles. The van der Waals surface area contributed by atoms with Crippen molar-refractivity contribution in [3.63, 3.8) is 0 Å². The Balaban J connectivity index is 2.15. The number of hydrogen-bond donors (Lipinski definition) is 1. The molecule has 0 aliphatic carbocycles. The van der Waals surface area contributed by atoms with Gasteiger partial charge in [0.25, 0.3) is 5.91 Å². The molecule has 1 N–H and O–H groups in total. The number of aryl methyl sites for hydroxylation is 1. The maximum Gasteiger partial charge on any atom is 0.305 e. The van der Waals surface area contributed by atoms with E-state index in [0.29, 0.717) is 12.1 Å². The summed E-state index contributed by atoms with van der Waals surface area (Å²) in [7, 11) is 0. The highest BCUT2D eigenvalue weighted by molar-refractivity contribution is 5.95. The fourth-order valence-corrected chi connectivity index (χ4v) is 2.46. The number of rotatable bonds is 3. The Morgan fingerprint density at radius 2 is 2.22 bits per heavy atom. The van der Waals surface area contributed by atoms with E-state index >= 15 is 0 Å². The van der Waals surface area contributed by atoms with Gasteiger partial charge in [-0.25, -0.2) is 0 Å². The molecule has 0 spiro atoms. The van der Waals surface area contributed by atoms with Gasteiger partial charge in [-0.05, 0) is 31.9 Å². The summed E-state index contributed by atoms with van der Waals surface area (Å²) in [6.07, 6.45) is 1.71. The molecule has 0 radical (unpaired) electrons. The van der Waals surface area contributed by atoms with Crippen LogP contribution in [0, 0.1) is 6.92 Å². The van der Waals surface area contributed by atoms with Gasteiger partial charge in [-0.3, -0.25) is 9.59 Å². The minimum Gasteiger partial charge on any atom is -0.481 e. The van der Waals surface area contributed by atoms with Gasteiger partial charge < -0.3 is 10.0 Å². The van der Waals surface area contributed by atoms with Crippen LogP contribution in [0.2, 0.25) is 0 Å². The summed E-state index contributed by atoms with van der Waals surface area (Å²) in [6.45, 7) is 2.60. The van der Waals surface area contributed by atoms with E-state index in [0.717, 1.165) is 18.4 Å². The second kappa shape index (κ2) is 5.21. The zero-order valence-electron chi connectivity index (χ0n) is 10.4. The van der Waals surface area contributed by atoms with E-state index in [1.165, 1.54) is 0 Å². The van der Waals surface area contributed by atoms with Gasteiger partial charge in [-0.1, -0.05) is 17.7 Å². The van der Waals surface area contributed by atoms with Crippen molar-refractivity contribution < 1.29 is 14.7 Å². The summed E-state index contributed by atoms with van der Waals surface area (Å²) in [5.41, 5.74) is 1.68. The minimum atomic E-state index is -0.844. The average Bonchev–Trinajstić information content (AvgIpc) is 2.75. The maximum absolute atomic E-state index is 12.3. The number of benzene rings is 1. The van der Waals surface area contributed by atoms with Crippen LogP contribution >= 0.6 is 0 Å². The van der Waals surface area contributed by atoms with E-state index in [4.69, 9.17) is 5.11 Å². The lowest BCUT2D eigenvalue weighted by Crippen LogP contribution is -2.36. The average molecular weight is 247 g/mol. The number of likely N-dealkylation sites (tertiary alicyclic amines) is 1. The van der Waals surface area contributed by atoms with E-state index in [2.05, 4.69) is 0 Å².